The number of halogens is 1. The average molecular weight is 351 g/mol. The van der Waals surface area contributed by atoms with Crippen LogP contribution in [0.25, 0.3) is 0 Å². The van der Waals surface area contributed by atoms with Crippen molar-refractivity contribution >= 4 is 23.2 Å². The summed E-state index contributed by atoms with van der Waals surface area (Å²) in [6, 6.07) is 5.45. The number of hydrogen-bond donors (Lipinski definition) is 1. The lowest BCUT2D eigenvalue weighted by atomic mass is 10.2. The molecule has 1 aromatic heterocycles. The normalized spacial score (nSPS) is 11.0. The van der Waals surface area contributed by atoms with Crippen LogP contribution in [0.2, 0.25) is 0 Å². The van der Waals surface area contributed by atoms with Crippen LogP contribution in [-0.4, -0.2) is 24.0 Å². The van der Waals surface area contributed by atoms with Gasteiger partial charge in [-0.2, -0.15) is 0 Å². The molecule has 0 fully saturated rings. The lowest BCUT2D eigenvalue weighted by molar-refractivity contribution is -0.153. The van der Waals surface area contributed by atoms with Crippen LogP contribution in [0.3, 0.4) is 0 Å². The molecular formula is C17H18FNO4S. The zero-order chi connectivity index (χ0) is 17.7. The highest BCUT2D eigenvalue weighted by Gasteiger charge is 2.18. The van der Waals surface area contributed by atoms with Crippen LogP contribution in [0.4, 0.5) is 4.39 Å². The summed E-state index contributed by atoms with van der Waals surface area (Å²) in [6.45, 7) is 4.94. The largest absolute Gasteiger partial charge is 0.459 e. The molecule has 128 valence electrons. The first kappa shape index (κ1) is 17.9. The number of hydrogen-bond acceptors (Lipinski definition) is 5. The van der Waals surface area contributed by atoms with Crippen molar-refractivity contribution in [1.82, 2.24) is 5.32 Å². The molecule has 0 saturated carbocycles. The van der Waals surface area contributed by atoms with Gasteiger partial charge in [0.1, 0.15) is 17.9 Å². The molecule has 1 amide bonds. The minimum Gasteiger partial charge on any atom is -0.459 e. The molecule has 2 aromatic rings. The van der Waals surface area contributed by atoms with Crippen molar-refractivity contribution in [3.63, 3.8) is 0 Å². The van der Waals surface area contributed by atoms with Gasteiger partial charge in [-0.05, 0) is 50.4 Å². The Bertz CT molecular complexity index is 723. The second-order valence-electron chi connectivity index (χ2n) is 5.98. The molecule has 0 aliphatic rings. The maximum Gasteiger partial charge on any atom is 0.325 e. The Labute approximate surface area is 143 Å². The summed E-state index contributed by atoms with van der Waals surface area (Å²) in [5.74, 6) is -1.21. The third-order valence-electron chi connectivity index (χ3n) is 2.73. The molecule has 5 nitrogen and oxygen atoms in total. The van der Waals surface area contributed by atoms with Crippen LogP contribution < -0.4 is 10.1 Å². The van der Waals surface area contributed by atoms with Crippen molar-refractivity contribution in [3.05, 3.63) is 46.4 Å². The lowest BCUT2D eigenvalue weighted by Crippen LogP contribution is -2.34. The van der Waals surface area contributed by atoms with Gasteiger partial charge in [0.25, 0.3) is 5.91 Å². The van der Waals surface area contributed by atoms with Gasteiger partial charge < -0.3 is 14.8 Å². The van der Waals surface area contributed by atoms with E-state index < -0.39 is 23.3 Å². The highest BCUT2D eigenvalue weighted by atomic mass is 32.1. The summed E-state index contributed by atoms with van der Waals surface area (Å²) in [7, 11) is 0. The van der Waals surface area contributed by atoms with E-state index in [1.165, 1.54) is 23.5 Å². The molecule has 1 heterocycles. The lowest BCUT2D eigenvalue weighted by Gasteiger charge is -2.19. The molecule has 0 bridgehead atoms. The van der Waals surface area contributed by atoms with E-state index in [0.717, 1.165) is 6.07 Å². The van der Waals surface area contributed by atoms with Gasteiger partial charge in [0.2, 0.25) is 0 Å². The van der Waals surface area contributed by atoms with E-state index in [0.29, 0.717) is 5.75 Å². The van der Waals surface area contributed by atoms with Crippen molar-refractivity contribution in [2.75, 3.05) is 6.54 Å². The van der Waals surface area contributed by atoms with E-state index in [4.69, 9.17) is 9.47 Å². The Balaban J connectivity index is 2.01. The molecule has 0 aliphatic carbocycles. The average Bonchev–Trinajstić information content (AvgIpc) is 2.98. The summed E-state index contributed by atoms with van der Waals surface area (Å²) in [5, 5.41) is 5.95. The van der Waals surface area contributed by atoms with Crippen molar-refractivity contribution < 1.29 is 23.5 Å². The van der Waals surface area contributed by atoms with Gasteiger partial charge in [0.05, 0.1) is 0 Å². The zero-order valence-electron chi connectivity index (χ0n) is 13.6. The van der Waals surface area contributed by atoms with Crippen LogP contribution in [0.15, 0.2) is 35.0 Å². The minimum absolute atomic E-state index is 0.0571. The standard InChI is InChI=1S/C17H18FNO4S/c1-17(2,3)23-15(20)9-19-16(21)11-4-5-13(18)14(8-11)22-12-6-7-24-10-12/h4-8,10H,9H2,1-3H3,(H,19,21). The van der Waals surface area contributed by atoms with E-state index in [1.807, 2.05) is 0 Å². The smallest absolute Gasteiger partial charge is 0.325 e. The third kappa shape index (κ3) is 5.34. The Morgan fingerprint density at radius 2 is 2.00 bits per heavy atom. The first-order valence-electron chi connectivity index (χ1n) is 7.24. The summed E-state index contributed by atoms with van der Waals surface area (Å²) >= 11 is 1.41. The summed E-state index contributed by atoms with van der Waals surface area (Å²) in [5.41, 5.74) is -0.440. The number of carbonyl (C=O) groups is 2. The third-order valence-corrected chi connectivity index (χ3v) is 3.39. The Morgan fingerprint density at radius 3 is 2.62 bits per heavy atom. The van der Waals surface area contributed by atoms with E-state index in [-0.39, 0.29) is 17.9 Å². The molecule has 1 N–H and O–H groups in total. The Morgan fingerprint density at radius 1 is 1.25 bits per heavy atom. The van der Waals surface area contributed by atoms with E-state index in [9.17, 15) is 14.0 Å². The van der Waals surface area contributed by atoms with Gasteiger partial charge in [-0.15, -0.1) is 11.3 Å². The van der Waals surface area contributed by atoms with Crippen molar-refractivity contribution in [2.45, 2.75) is 26.4 Å². The number of nitrogens with one attached hydrogen (secondary N) is 1. The maximum absolute atomic E-state index is 13.8. The van der Waals surface area contributed by atoms with Gasteiger partial charge in [0.15, 0.2) is 11.6 Å². The van der Waals surface area contributed by atoms with Crippen molar-refractivity contribution in [2.24, 2.45) is 0 Å². The SMILES string of the molecule is CC(C)(C)OC(=O)CNC(=O)c1ccc(F)c(Oc2ccsc2)c1. The fraction of sp³-hybridized carbons (Fsp3) is 0.294. The second kappa shape index (κ2) is 7.44. The fourth-order valence-electron chi connectivity index (χ4n) is 1.79. The molecule has 1 aromatic carbocycles. The quantitative estimate of drug-likeness (QED) is 0.833. The van der Waals surface area contributed by atoms with E-state index >= 15 is 0 Å². The highest BCUT2D eigenvalue weighted by molar-refractivity contribution is 7.08. The molecule has 2 rings (SSSR count). The molecule has 0 atom stereocenters. The monoisotopic (exact) mass is 351 g/mol. The van der Waals surface area contributed by atoms with Crippen LogP contribution in [0.5, 0.6) is 11.5 Å². The molecule has 0 spiro atoms. The topological polar surface area (TPSA) is 64.6 Å². The molecule has 0 unspecified atom stereocenters. The molecular weight excluding hydrogens is 333 g/mol. The zero-order valence-corrected chi connectivity index (χ0v) is 14.4. The number of carbonyl (C=O) groups excluding carboxylic acids is 2. The first-order chi connectivity index (χ1) is 11.2. The molecule has 0 radical (unpaired) electrons. The second-order valence-corrected chi connectivity index (χ2v) is 6.76. The predicted octanol–water partition coefficient (Wildman–Crippen LogP) is 3.75. The Hall–Kier alpha value is -2.41. The fourth-order valence-corrected chi connectivity index (χ4v) is 2.34. The number of benzene rings is 1. The summed E-state index contributed by atoms with van der Waals surface area (Å²) in [6.07, 6.45) is 0. The van der Waals surface area contributed by atoms with Crippen LogP contribution >= 0.6 is 11.3 Å². The first-order valence-corrected chi connectivity index (χ1v) is 8.18. The molecule has 0 aliphatic heterocycles. The summed E-state index contributed by atoms with van der Waals surface area (Å²) < 4.78 is 24.3. The molecule has 7 heteroatoms. The van der Waals surface area contributed by atoms with Crippen LogP contribution in [-0.2, 0) is 9.53 Å². The van der Waals surface area contributed by atoms with Crippen LogP contribution in [0, 0.1) is 5.82 Å². The van der Waals surface area contributed by atoms with Crippen molar-refractivity contribution in [3.8, 4) is 11.5 Å². The van der Waals surface area contributed by atoms with Crippen LogP contribution in [0.1, 0.15) is 31.1 Å². The van der Waals surface area contributed by atoms with E-state index in [1.54, 1.807) is 37.6 Å². The van der Waals surface area contributed by atoms with Gasteiger partial charge in [0, 0.05) is 10.9 Å². The molecule has 0 saturated heterocycles. The van der Waals surface area contributed by atoms with E-state index in [2.05, 4.69) is 5.32 Å². The number of rotatable bonds is 5. The summed E-state index contributed by atoms with van der Waals surface area (Å²) in [4.78, 5) is 23.7. The van der Waals surface area contributed by atoms with Gasteiger partial charge in [-0.25, -0.2) is 4.39 Å². The highest BCUT2D eigenvalue weighted by Crippen LogP contribution is 2.27. The van der Waals surface area contributed by atoms with Gasteiger partial charge >= 0.3 is 5.97 Å². The Kier molecular flexibility index (Phi) is 5.56. The van der Waals surface area contributed by atoms with Gasteiger partial charge in [-0.3, -0.25) is 9.59 Å². The number of thiophene rings is 1. The maximum atomic E-state index is 13.8. The van der Waals surface area contributed by atoms with Gasteiger partial charge in [-0.1, -0.05) is 0 Å². The minimum atomic E-state index is -0.626. The number of amides is 1. The predicted molar refractivity (Wildman–Crippen MR) is 89.0 cm³/mol. The molecule has 24 heavy (non-hydrogen) atoms. The number of ether oxygens (including phenoxy) is 2. The van der Waals surface area contributed by atoms with Crippen molar-refractivity contribution in [1.29, 1.82) is 0 Å². The number of esters is 1.